The van der Waals surface area contributed by atoms with E-state index < -0.39 is 11.4 Å². The molecule has 1 atom stereocenters. The summed E-state index contributed by atoms with van der Waals surface area (Å²) in [4.78, 5) is 16.2. The number of hydrogen-bond donors (Lipinski definition) is 1. The van der Waals surface area contributed by atoms with E-state index in [0.717, 1.165) is 27.8 Å². The zero-order chi connectivity index (χ0) is 22.3. The van der Waals surface area contributed by atoms with Crippen molar-refractivity contribution >= 4 is 18.2 Å². The van der Waals surface area contributed by atoms with Crippen molar-refractivity contribution in [3.63, 3.8) is 0 Å². The molecule has 160 valence electrons. The van der Waals surface area contributed by atoms with Crippen molar-refractivity contribution in [2.45, 2.75) is 32.2 Å². The van der Waals surface area contributed by atoms with Crippen molar-refractivity contribution in [2.24, 2.45) is 5.10 Å². The predicted molar refractivity (Wildman–Crippen MR) is 122 cm³/mol. The summed E-state index contributed by atoms with van der Waals surface area (Å²) in [5.74, 6) is -0.657. The molecule has 2 aliphatic rings. The Morgan fingerprint density at radius 3 is 2.62 bits per heavy atom. The fourth-order valence-electron chi connectivity index (χ4n) is 4.28. The lowest BCUT2D eigenvalue weighted by atomic mass is 9.92. The van der Waals surface area contributed by atoms with Crippen molar-refractivity contribution < 1.29 is 14.3 Å². The van der Waals surface area contributed by atoms with E-state index in [1.807, 2.05) is 57.2 Å². The molecule has 0 saturated carbocycles. The molecule has 1 N–H and O–H groups in total. The van der Waals surface area contributed by atoms with Crippen LogP contribution in [0.25, 0.3) is 6.08 Å². The van der Waals surface area contributed by atoms with Gasteiger partial charge in [-0.05, 0) is 68.3 Å². The van der Waals surface area contributed by atoms with Crippen LogP contribution in [-0.2, 0) is 16.1 Å². The zero-order valence-electron chi connectivity index (χ0n) is 18.1. The second-order valence-corrected chi connectivity index (χ2v) is 8.47. The quantitative estimate of drug-likeness (QED) is 0.489. The number of amides is 1. The highest BCUT2D eigenvalue weighted by atomic mass is 16.7. The lowest BCUT2D eigenvalue weighted by Crippen LogP contribution is -2.35. The largest absolute Gasteiger partial charge is 0.453 e. The van der Waals surface area contributed by atoms with E-state index in [9.17, 15) is 4.79 Å². The van der Waals surface area contributed by atoms with E-state index in [1.54, 1.807) is 30.7 Å². The number of carbonyl (C=O) groups is 1. The highest BCUT2D eigenvalue weighted by molar-refractivity contribution is 5.95. The first-order valence-corrected chi connectivity index (χ1v) is 10.4. The molecule has 0 saturated heterocycles. The Bertz CT molecular complexity index is 1260. The monoisotopic (exact) mass is 425 g/mol. The topological polar surface area (TPSA) is 72.8 Å². The van der Waals surface area contributed by atoms with Crippen LogP contribution in [-0.4, -0.2) is 17.1 Å². The average molecular weight is 425 g/mol. The molecule has 2 aliphatic heterocycles. The number of nitrogens with zero attached hydrogens (tertiary/aromatic N) is 2. The van der Waals surface area contributed by atoms with Gasteiger partial charge in [-0.25, -0.2) is 5.43 Å². The minimum Gasteiger partial charge on any atom is -0.453 e. The molecule has 5 rings (SSSR count). The van der Waals surface area contributed by atoms with E-state index in [2.05, 4.69) is 27.6 Å². The molecule has 6 heteroatoms. The van der Waals surface area contributed by atoms with Crippen LogP contribution in [0.1, 0.15) is 52.0 Å². The van der Waals surface area contributed by atoms with Crippen molar-refractivity contribution in [3.05, 3.63) is 100 Å². The first kappa shape index (κ1) is 20.2. The highest BCUT2D eigenvalue weighted by Crippen LogP contribution is 2.51. The Hall–Kier alpha value is -3.77. The van der Waals surface area contributed by atoms with E-state index in [1.165, 1.54) is 0 Å². The third kappa shape index (κ3) is 3.39. The summed E-state index contributed by atoms with van der Waals surface area (Å²) >= 11 is 0. The lowest BCUT2D eigenvalue weighted by Gasteiger charge is -2.34. The fraction of sp³-hybridized carbons (Fsp3) is 0.192. The number of aryl methyl sites for hydroxylation is 1. The minimum atomic E-state index is -1.01. The summed E-state index contributed by atoms with van der Waals surface area (Å²) in [6.07, 6.45) is 8.72. The molecule has 6 nitrogen and oxygen atoms in total. The summed E-state index contributed by atoms with van der Waals surface area (Å²) in [5, 5.41) is 4.17. The van der Waals surface area contributed by atoms with Gasteiger partial charge in [0.1, 0.15) is 5.75 Å². The summed E-state index contributed by atoms with van der Waals surface area (Å²) in [6.45, 7) is 6.09. The van der Waals surface area contributed by atoms with Gasteiger partial charge in [-0.3, -0.25) is 9.78 Å². The van der Waals surface area contributed by atoms with Crippen LogP contribution < -0.4 is 10.2 Å². The van der Waals surface area contributed by atoms with Gasteiger partial charge < -0.3 is 9.47 Å². The molecular formula is C26H23N3O3. The molecule has 1 unspecified atom stereocenters. The van der Waals surface area contributed by atoms with Gasteiger partial charge in [0, 0.05) is 34.6 Å². The minimum absolute atomic E-state index is 0.308. The Morgan fingerprint density at radius 1 is 1.09 bits per heavy atom. The molecule has 3 heterocycles. The molecular weight excluding hydrogens is 402 g/mol. The van der Waals surface area contributed by atoms with E-state index in [-0.39, 0.29) is 5.91 Å². The summed E-state index contributed by atoms with van der Waals surface area (Å²) in [6, 6.07) is 15.4. The van der Waals surface area contributed by atoms with E-state index >= 15 is 0 Å². The number of hydrogen-bond acceptors (Lipinski definition) is 5. The SMILES string of the molecule is Cc1cc2c(c(/C=N/NC(=O)c3ccncc3)c1)OC1(C=C2)OC(C)(C)c2ccccc21. The van der Waals surface area contributed by atoms with E-state index in [4.69, 9.17) is 9.47 Å². The predicted octanol–water partition coefficient (Wildman–Crippen LogP) is 4.68. The molecule has 3 aromatic rings. The van der Waals surface area contributed by atoms with Crippen LogP contribution in [0.4, 0.5) is 0 Å². The van der Waals surface area contributed by atoms with Gasteiger partial charge in [-0.2, -0.15) is 5.10 Å². The highest BCUT2D eigenvalue weighted by Gasteiger charge is 2.50. The van der Waals surface area contributed by atoms with Crippen LogP contribution in [0.2, 0.25) is 0 Å². The van der Waals surface area contributed by atoms with Crippen LogP contribution in [0.5, 0.6) is 5.75 Å². The molecule has 0 radical (unpaired) electrons. The molecule has 1 amide bonds. The first-order chi connectivity index (χ1) is 15.4. The second kappa shape index (κ2) is 7.43. The molecule has 0 aliphatic carbocycles. The van der Waals surface area contributed by atoms with E-state index in [0.29, 0.717) is 11.3 Å². The third-order valence-electron chi connectivity index (χ3n) is 5.70. The first-order valence-electron chi connectivity index (χ1n) is 10.4. The summed E-state index contributed by atoms with van der Waals surface area (Å²) < 4.78 is 13.0. The Kier molecular flexibility index (Phi) is 4.68. The summed E-state index contributed by atoms with van der Waals surface area (Å²) in [7, 11) is 0. The standard InChI is InChI=1S/C26H23N3O3/c1-17-14-19-8-11-26(22-7-5-4-6-21(22)25(2,3)32-26)31-23(19)20(15-17)16-28-29-24(30)18-9-12-27-13-10-18/h4-16H,1-3H3,(H,29,30)/b28-16+. The number of carbonyl (C=O) groups excluding carboxylic acids is 1. The normalized spacial score (nSPS) is 20.1. The number of aromatic nitrogens is 1. The maximum atomic E-state index is 12.3. The Balaban J connectivity index is 1.48. The van der Waals surface area contributed by atoms with Gasteiger partial charge >= 0.3 is 0 Å². The third-order valence-corrected chi connectivity index (χ3v) is 5.70. The van der Waals surface area contributed by atoms with Gasteiger partial charge in [0.15, 0.2) is 0 Å². The van der Waals surface area contributed by atoms with Gasteiger partial charge in [0.05, 0.1) is 11.8 Å². The van der Waals surface area contributed by atoms with Crippen molar-refractivity contribution in [1.29, 1.82) is 0 Å². The van der Waals surface area contributed by atoms with Gasteiger partial charge in [0.25, 0.3) is 11.7 Å². The Morgan fingerprint density at radius 2 is 1.84 bits per heavy atom. The number of fused-ring (bicyclic) bond motifs is 3. The second-order valence-electron chi connectivity index (χ2n) is 8.47. The van der Waals surface area contributed by atoms with Crippen LogP contribution in [0.3, 0.4) is 0 Å². The Labute approximate surface area is 186 Å². The van der Waals surface area contributed by atoms with Crippen molar-refractivity contribution in [3.8, 4) is 5.75 Å². The van der Waals surface area contributed by atoms with Crippen molar-refractivity contribution in [2.75, 3.05) is 0 Å². The molecule has 0 fully saturated rings. The fourth-order valence-corrected chi connectivity index (χ4v) is 4.28. The lowest BCUT2D eigenvalue weighted by molar-refractivity contribution is -0.202. The number of rotatable bonds is 3. The van der Waals surface area contributed by atoms with Crippen LogP contribution in [0, 0.1) is 6.92 Å². The maximum absolute atomic E-state index is 12.3. The van der Waals surface area contributed by atoms with Gasteiger partial charge in [-0.15, -0.1) is 0 Å². The maximum Gasteiger partial charge on any atom is 0.271 e. The van der Waals surface area contributed by atoms with Crippen LogP contribution in [0.15, 0.2) is 72.1 Å². The number of nitrogens with one attached hydrogen (secondary N) is 1. The molecule has 0 bridgehead atoms. The smallest absolute Gasteiger partial charge is 0.271 e. The van der Waals surface area contributed by atoms with Gasteiger partial charge in [0.2, 0.25) is 0 Å². The number of benzene rings is 2. The number of hydrazone groups is 1. The number of ether oxygens (including phenoxy) is 2. The molecule has 1 spiro atoms. The molecule has 2 aromatic carbocycles. The zero-order valence-corrected chi connectivity index (χ0v) is 18.1. The van der Waals surface area contributed by atoms with Crippen molar-refractivity contribution in [1.82, 2.24) is 10.4 Å². The molecule has 1 aromatic heterocycles. The summed E-state index contributed by atoms with van der Waals surface area (Å²) in [5.41, 5.74) is 7.39. The molecule has 32 heavy (non-hydrogen) atoms. The number of pyridine rings is 1. The average Bonchev–Trinajstić information content (AvgIpc) is 3.01. The van der Waals surface area contributed by atoms with Gasteiger partial charge in [-0.1, -0.05) is 24.3 Å². The van der Waals surface area contributed by atoms with Crippen LogP contribution >= 0.6 is 0 Å².